The first-order chi connectivity index (χ1) is 12.1. The van der Waals surface area contributed by atoms with Crippen molar-refractivity contribution in [3.8, 4) is 0 Å². The lowest BCUT2D eigenvalue weighted by molar-refractivity contribution is -0.148. The van der Waals surface area contributed by atoms with Gasteiger partial charge >= 0.3 is 12.0 Å². The average molecular weight is 345 g/mol. The summed E-state index contributed by atoms with van der Waals surface area (Å²) in [6.45, 7) is 1.93. The van der Waals surface area contributed by atoms with E-state index < -0.39 is 12.0 Å². The van der Waals surface area contributed by atoms with E-state index in [0.717, 1.165) is 12.0 Å². The Hall–Kier alpha value is -2.57. The second-order valence-corrected chi connectivity index (χ2v) is 6.51. The fraction of sp³-hybridized carbons (Fsp3) is 0.500. The number of nitrogens with zero attached hydrogens (tertiary/aromatic N) is 2. The summed E-state index contributed by atoms with van der Waals surface area (Å²) in [5.74, 6) is -1.17. The molecule has 7 nitrogen and oxygen atoms in total. The van der Waals surface area contributed by atoms with Crippen LogP contribution in [0.25, 0.3) is 0 Å². The van der Waals surface area contributed by atoms with Crippen molar-refractivity contribution in [1.82, 2.24) is 15.1 Å². The summed E-state index contributed by atoms with van der Waals surface area (Å²) in [7, 11) is 0. The number of fused-ring (bicyclic) bond motifs is 1. The smallest absolute Gasteiger partial charge is 0.326 e. The molecule has 1 unspecified atom stereocenters. The van der Waals surface area contributed by atoms with Crippen molar-refractivity contribution in [1.29, 1.82) is 0 Å². The monoisotopic (exact) mass is 345 g/mol. The molecule has 2 N–H and O–H groups in total. The maximum Gasteiger partial charge on any atom is 0.326 e. The van der Waals surface area contributed by atoms with Gasteiger partial charge in [0.25, 0.3) is 0 Å². The largest absolute Gasteiger partial charge is 0.480 e. The normalized spacial score (nSPS) is 19.4. The number of aliphatic carboxylic acids is 1. The van der Waals surface area contributed by atoms with Crippen LogP contribution >= 0.6 is 0 Å². The Morgan fingerprint density at radius 2 is 1.92 bits per heavy atom. The van der Waals surface area contributed by atoms with E-state index in [-0.39, 0.29) is 24.9 Å². The lowest BCUT2D eigenvalue weighted by atomic mass is 10.0. The Morgan fingerprint density at radius 1 is 1.16 bits per heavy atom. The van der Waals surface area contributed by atoms with Gasteiger partial charge in [0.15, 0.2) is 0 Å². The number of carboxylic acids is 1. The minimum Gasteiger partial charge on any atom is -0.480 e. The van der Waals surface area contributed by atoms with Crippen molar-refractivity contribution in [2.24, 2.45) is 0 Å². The van der Waals surface area contributed by atoms with E-state index in [2.05, 4.69) is 11.4 Å². The minimum atomic E-state index is -0.957. The molecule has 0 aromatic heterocycles. The highest BCUT2D eigenvalue weighted by atomic mass is 16.4. The molecule has 1 aromatic carbocycles. The van der Waals surface area contributed by atoms with Gasteiger partial charge in [0.05, 0.1) is 0 Å². The van der Waals surface area contributed by atoms with Gasteiger partial charge in [-0.3, -0.25) is 4.79 Å². The third-order valence-corrected chi connectivity index (χ3v) is 4.89. The lowest BCUT2D eigenvalue weighted by Gasteiger charge is -2.29. The first-order valence-electron chi connectivity index (χ1n) is 8.68. The zero-order valence-electron chi connectivity index (χ0n) is 14.1. The van der Waals surface area contributed by atoms with Crippen molar-refractivity contribution in [3.05, 3.63) is 35.4 Å². The standard InChI is InChI=1S/C18H23N3O4/c22-16(21-10-3-6-15(21)17(23)24)7-9-19-18(25)20-11-8-13-4-1-2-5-14(13)12-20/h1-2,4-5,15H,3,6-12H2,(H,19,25)(H,23,24). The summed E-state index contributed by atoms with van der Waals surface area (Å²) in [5, 5.41) is 11.9. The van der Waals surface area contributed by atoms with Crippen LogP contribution in [-0.4, -0.2) is 58.5 Å². The molecule has 0 spiro atoms. The van der Waals surface area contributed by atoms with Crippen LogP contribution in [0.5, 0.6) is 0 Å². The van der Waals surface area contributed by atoms with Gasteiger partial charge in [-0.15, -0.1) is 0 Å². The van der Waals surface area contributed by atoms with Crippen LogP contribution in [0.3, 0.4) is 0 Å². The van der Waals surface area contributed by atoms with Gasteiger partial charge in [-0.2, -0.15) is 0 Å². The van der Waals surface area contributed by atoms with Crippen molar-refractivity contribution in [2.45, 2.75) is 38.3 Å². The number of hydrogen-bond donors (Lipinski definition) is 2. The van der Waals surface area contributed by atoms with E-state index in [1.807, 2.05) is 18.2 Å². The van der Waals surface area contributed by atoms with Crippen LogP contribution in [0.15, 0.2) is 24.3 Å². The molecule has 0 saturated carbocycles. The molecule has 0 radical (unpaired) electrons. The van der Waals surface area contributed by atoms with Crippen molar-refractivity contribution in [2.75, 3.05) is 19.6 Å². The highest BCUT2D eigenvalue weighted by molar-refractivity contribution is 5.84. The van der Waals surface area contributed by atoms with E-state index in [4.69, 9.17) is 5.11 Å². The van der Waals surface area contributed by atoms with Crippen LogP contribution in [-0.2, 0) is 22.6 Å². The van der Waals surface area contributed by atoms with Gasteiger partial charge in [-0.1, -0.05) is 24.3 Å². The number of amides is 3. The van der Waals surface area contributed by atoms with Crippen LogP contribution in [0.1, 0.15) is 30.4 Å². The van der Waals surface area contributed by atoms with Gasteiger partial charge in [0.2, 0.25) is 5.91 Å². The van der Waals surface area contributed by atoms with Gasteiger partial charge in [0.1, 0.15) is 6.04 Å². The van der Waals surface area contributed by atoms with Crippen LogP contribution in [0, 0.1) is 0 Å². The van der Waals surface area contributed by atoms with Gasteiger partial charge in [-0.05, 0) is 30.4 Å². The maximum atomic E-state index is 12.3. The van der Waals surface area contributed by atoms with Crippen molar-refractivity contribution < 1.29 is 19.5 Å². The molecule has 134 valence electrons. The predicted octanol–water partition coefficient (Wildman–Crippen LogP) is 1.22. The zero-order chi connectivity index (χ0) is 17.8. The highest BCUT2D eigenvalue weighted by Gasteiger charge is 2.33. The molecule has 2 aliphatic heterocycles. The molecular weight excluding hydrogens is 322 g/mol. The summed E-state index contributed by atoms with van der Waals surface area (Å²) in [5.41, 5.74) is 2.43. The van der Waals surface area contributed by atoms with E-state index in [1.54, 1.807) is 4.90 Å². The lowest BCUT2D eigenvalue weighted by Crippen LogP contribution is -2.45. The number of rotatable bonds is 4. The summed E-state index contributed by atoms with van der Waals surface area (Å²) in [6.07, 6.45) is 2.17. The zero-order valence-corrected chi connectivity index (χ0v) is 14.1. The molecule has 2 aliphatic rings. The summed E-state index contributed by atoms with van der Waals surface area (Å²) in [4.78, 5) is 38.7. The average Bonchev–Trinajstić information content (AvgIpc) is 3.11. The van der Waals surface area contributed by atoms with Crippen molar-refractivity contribution >= 4 is 17.9 Å². The number of likely N-dealkylation sites (tertiary alicyclic amines) is 1. The molecule has 1 fully saturated rings. The third kappa shape index (κ3) is 3.92. The fourth-order valence-corrected chi connectivity index (χ4v) is 3.52. The Labute approximate surface area is 146 Å². The third-order valence-electron chi connectivity index (χ3n) is 4.89. The Kier molecular flexibility index (Phi) is 5.21. The number of carbonyl (C=O) groups excluding carboxylic acids is 2. The summed E-state index contributed by atoms with van der Waals surface area (Å²) < 4.78 is 0. The maximum absolute atomic E-state index is 12.3. The number of urea groups is 1. The molecular formula is C18H23N3O4. The second kappa shape index (κ2) is 7.55. The number of carboxylic acid groups (broad SMARTS) is 1. The Balaban J connectivity index is 1.45. The molecule has 1 atom stereocenters. The van der Waals surface area contributed by atoms with Crippen LogP contribution < -0.4 is 5.32 Å². The Bertz CT molecular complexity index is 676. The number of hydrogen-bond acceptors (Lipinski definition) is 3. The van der Waals surface area contributed by atoms with Crippen LogP contribution in [0.2, 0.25) is 0 Å². The van der Waals surface area contributed by atoms with Crippen molar-refractivity contribution in [3.63, 3.8) is 0 Å². The molecule has 3 amide bonds. The highest BCUT2D eigenvalue weighted by Crippen LogP contribution is 2.19. The molecule has 25 heavy (non-hydrogen) atoms. The topological polar surface area (TPSA) is 90.0 Å². The predicted molar refractivity (Wildman–Crippen MR) is 90.9 cm³/mol. The Morgan fingerprint density at radius 3 is 2.68 bits per heavy atom. The molecule has 7 heteroatoms. The summed E-state index contributed by atoms with van der Waals surface area (Å²) in [6, 6.07) is 7.17. The molecule has 0 bridgehead atoms. The van der Waals surface area contributed by atoms with E-state index in [1.165, 1.54) is 10.5 Å². The van der Waals surface area contributed by atoms with Crippen LogP contribution in [0.4, 0.5) is 4.79 Å². The van der Waals surface area contributed by atoms with Gasteiger partial charge in [-0.25, -0.2) is 9.59 Å². The number of benzene rings is 1. The molecule has 1 saturated heterocycles. The number of carbonyl (C=O) groups is 3. The number of nitrogens with one attached hydrogen (secondary N) is 1. The fourth-order valence-electron chi connectivity index (χ4n) is 3.52. The minimum absolute atomic E-state index is 0.125. The van der Waals surface area contributed by atoms with E-state index in [9.17, 15) is 14.4 Å². The second-order valence-electron chi connectivity index (χ2n) is 6.51. The first kappa shape index (κ1) is 17.3. The van der Waals surface area contributed by atoms with Gasteiger partial charge in [0, 0.05) is 32.6 Å². The molecule has 2 heterocycles. The molecule has 1 aromatic rings. The van der Waals surface area contributed by atoms with E-state index >= 15 is 0 Å². The molecule has 0 aliphatic carbocycles. The summed E-state index contributed by atoms with van der Waals surface area (Å²) >= 11 is 0. The SMILES string of the molecule is O=C(O)C1CCCN1C(=O)CCNC(=O)N1CCc2ccccc2C1. The van der Waals surface area contributed by atoms with Gasteiger partial charge < -0.3 is 20.2 Å². The first-order valence-corrected chi connectivity index (χ1v) is 8.68. The van der Waals surface area contributed by atoms with E-state index in [0.29, 0.717) is 32.5 Å². The molecule has 3 rings (SSSR count). The quantitative estimate of drug-likeness (QED) is 0.859.